The number of hydrogen-bond acceptors (Lipinski definition) is 7. The highest BCUT2D eigenvalue weighted by Crippen LogP contribution is 2.25. The highest BCUT2D eigenvalue weighted by atomic mass is 32.2. The molecular weight excluding hydrogens is 434 g/mol. The molecule has 2 saturated heterocycles. The molecule has 0 bridgehead atoms. The first-order valence-electron chi connectivity index (χ1n) is 9.94. The Morgan fingerprint density at radius 2 is 1.97 bits per heavy atom. The normalized spacial score (nSPS) is 18.2. The number of hydrogen-bond donors (Lipinski definition) is 1. The fraction of sp³-hybridized carbons (Fsp3) is 0.273. The lowest BCUT2D eigenvalue weighted by atomic mass is 10.2. The highest BCUT2D eigenvalue weighted by molar-refractivity contribution is 8.26. The molecular formula is C22H21N3O6S. The van der Waals surface area contributed by atoms with Crippen LogP contribution in [0.2, 0.25) is 0 Å². The number of carbonyl (C=O) groups excluding carboxylic acids is 4. The molecule has 166 valence electrons. The van der Waals surface area contributed by atoms with Crippen LogP contribution in [0.1, 0.15) is 12.5 Å². The molecule has 0 aliphatic carbocycles. The van der Waals surface area contributed by atoms with E-state index in [1.165, 1.54) is 16.7 Å². The summed E-state index contributed by atoms with van der Waals surface area (Å²) in [5.74, 6) is 0.418. The lowest BCUT2D eigenvalue weighted by Crippen LogP contribution is -2.26. The number of thioether (sulfide) groups is 1. The molecule has 2 heterocycles. The fourth-order valence-corrected chi connectivity index (χ4v) is 4.10. The Bertz CT molecular complexity index is 1060. The van der Waals surface area contributed by atoms with Crippen molar-refractivity contribution in [2.75, 3.05) is 29.9 Å². The van der Waals surface area contributed by atoms with Gasteiger partial charge in [-0.1, -0.05) is 12.1 Å². The summed E-state index contributed by atoms with van der Waals surface area (Å²) >= 11 is 0.726. The monoisotopic (exact) mass is 455 g/mol. The second kappa shape index (κ2) is 9.31. The van der Waals surface area contributed by atoms with Crippen LogP contribution in [-0.4, -0.2) is 53.1 Å². The minimum absolute atomic E-state index is 0.105. The van der Waals surface area contributed by atoms with E-state index in [4.69, 9.17) is 9.47 Å². The number of nitrogens with one attached hydrogen (secondary N) is 1. The maximum Gasteiger partial charge on any atom is 0.414 e. The van der Waals surface area contributed by atoms with E-state index in [1.54, 1.807) is 36.4 Å². The maximum absolute atomic E-state index is 12.3. The molecule has 4 rings (SSSR count). The molecule has 2 aliphatic heterocycles. The van der Waals surface area contributed by atoms with Gasteiger partial charge in [0.15, 0.2) is 6.10 Å². The minimum Gasteiger partial charge on any atom is -0.490 e. The Balaban J connectivity index is 1.32. The van der Waals surface area contributed by atoms with Crippen molar-refractivity contribution >= 4 is 45.5 Å². The van der Waals surface area contributed by atoms with Crippen LogP contribution in [0.15, 0.2) is 48.5 Å². The SMILES string of the molecule is CC(=O)Nc1ccc(N2CC(COc3cccc(CN4CC(=O)SC4=O)c3)OC2=O)cc1. The van der Waals surface area contributed by atoms with E-state index in [0.29, 0.717) is 30.2 Å². The van der Waals surface area contributed by atoms with Gasteiger partial charge in [0.25, 0.3) is 5.24 Å². The second-order valence-corrected chi connectivity index (χ2v) is 8.41. The Morgan fingerprint density at radius 1 is 1.19 bits per heavy atom. The van der Waals surface area contributed by atoms with Crippen LogP contribution in [0.5, 0.6) is 5.75 Å². The third-order valence-electron chi connectivity index (χ3n) is 4.86. The molecule has 2 fully saturated rings. The summed E-state index contributed by atoms with van der Waals surface area (Å²) in [7, 11) is 0. The number of ether oxygens (including phenoxy) is 2. The van der Waals surface area contributed by atoms with Crippen molar-refractivity contribution in [3.63, 3.8) is 0 Å². The molecule has 0 saturated carbocycles. The average Bonchev–Trinajstić information content (AvgIpc) is 3.27. The van der Waals surface area contributed by atoms with Crippen LogP contribution >= 0.6 is 11.8 Å². The summed E-state index contributed by atoms with van der Waals surface area (Å²) in [6, 6.07) is 14.2. The van der Waals surface area contributed by atoms with E-state index in [9.17, 15) is 19.2 Å². The summed E-state index contributed by atoms with van der Waals surface area (Å²) in [5, 5.41) is 2.28. The molecule has 0 aromatic heterocycles. The smallest absolute Gasteiger partial charge is 0.414 e. The Kier molecular flexibility index (Phi) is 6.31. The van der Waals surface area contributed by atoms with Crippen LogP contribution in [0.4, 0.5) is 21.0 Å². The van der Waals surface area contributed by atoms with Crippen molar-refractivity contribution in [2.24, 2.45) is 0 Å². The second-order valence-electron chi connectivity index (χ2n) is 7.40. The molecule has 0 radical (unpaired) electrons. The van der Waals surface area contributed by atoms with Crippen LogP contribution in [-0.2, 0) is 20.9 Å². The van der Waals surface area contributed by atoms with Gasteiger partial charge in [-0.15, -0.1) is 0 Å². The quantitative estimate of drug-likeness (QED) is 0.683. The van der Waals surface area contributed by atoms with Crippen LogP contribution in [0.3, 0.4) is 0 Å². The lowest BCUT2D eigenvalue weighted by molar-refractivity contribution is -0.114. The third-order valence-corrected chi connectivity index (χ3v) is 5.65. The molecule has 9 nitrogen and oxygen atoms in total. The fourth-order valence-electron chi connectivity index (χ4n) is 3.43. The van der Waals surface area contributed by atoms with E-state index in [0.717, 1.165) is 17.3 Å². The summed E-state index contributed by atoms with van der Waals surface area (Å²) in [6.07, 6.45) is -0.912. The zero-order valence-corrected chi connectivity index (χ0v) is 18.1. The van der Waals surface area contributed by atoms with Crippen LogP contribution in [0, 0.1) is 0 Å². The first kappa shape index (κ1) is 21.7. The van der Waals surface area contributed by atoms with Crippen LogP contribution < -0.4 is 15.0 Å². The molecule has 1 atom stereocenters. The number of cyclic esters (lactones) is 1. The number of rotatable bonds is 7. The summed E-state index contributed by atoms with van der Waals surface area (Å²) in [5.41, 5.74) is 2.15. The highest BCUT2D eigenvalue weighted by Gasteiger charge is 2.33. The Labute approximate surface area is 188 Å². The summed E-state index contributed by atoms with van der Waals surface area (Å²) < 4.78 is 11.2. The Morgan fingerprint density at radius 3 is 2.66 bits per heavy atom. The van der Waals surface area contributed by atoms with Crippen molar-refractivity contribution in [3.05, 3.63) is 54.1 Å². The van der Waals surface area contributed by atoms with Crippen molar-refractivity contribution in [1.29, 1.82) is 0 Å². The molecule has 3 amide bonds. The topological polar surface area (TPSA) is 105 Å². The van der Waals surface area contributed by atoms with Gasteiger partial charge in [0.05, 0.1) is 13.1 Å². The summed E-state index contributed by atoms with van der Waals surface area (Å²) in [6.45, 7) is 2.37. The number of nitrogens with zero attached hydrogens (tertiary/aromatic N) is 2. The van der Waals surface area contributed by atoms with Gasteiger partial charge in [-0.05, 0) is 42.0 Å². The van der Waals surface area contributed by atoms with Gasteiger partial charge >= 0.3 is 6.09 Å². The zero-order chi connectivity index (χ0) is 22.7. The zero-order valence-electron chi connectivity index (χ0n) is 17.3. The predicted molar refractivity (Wildman–Crippen MR) is 119 cm³/mol. The minimum atomic E-state index is -0.464. The average molecular weight is 455 g/mol. The first-order chi connectivity index (χ1) is 15.4. The van der Waals surface area contributed by atoms with Gasteiger partial charge in [0, 0.05) is 36.6 Å². The molecule has 10 heteroatoms. The van der Waals surface area contributed by atoms with E-state index in [-0.39, 0.29) is 29.4 Å². The molecule has 32 heavy (non-hydrogen) atoms. The van der Waals surface area contributed by atoms with E-state index in [2.05, 4.69) is 5.32 Å². The lowest BCUT2D eigenvalue weighted by Gasteiger charge is -2.15. The van der Waals surface area contributed by atoms with Crippen molar-refractivity contribution in [3.8, 4) is 5.75 Å². The van der Waals surface area contributed by atoms with Crippen molar-refractivity contribution in [1.82, 2.24) is 4.90 Å². The number of amides is 3. The molecule has 2 aliphatic rings. The van der Waals surface area contributed by atoms with E-state index in [1.807, 2.05) is 12.1 Å². The summed E-state index contributed by atoms with van der Waals surface area (Å²) in [4.78, 5) is 49.6. The van der Waals surface area contributed by atoms with Gasteiger partial charge in [-0.2, -0.15) is 0 Å². The Hall–Kier alpha value is -3.53. The maximum atomic E-state index is 12.3. The number of carbonyl (C=O) groups is 4. The van der Waals surface area contributed by atoms with E-state index >= 15 is 0 Å². The molecule has 2 aromatic carbocycles. The number of benzene rings is 2. The van der Waals surface area contributed by atoms with E-state index < -0.39 is 12.2 Å². The van der Waals surface area contributed by atoms with Gasteiger partial charge < -0.3 is 19.7 Å². The standard InChI is InChI=1S/C22H21N3O6S/c1-14(26)23-16-5-7-17(8-6-16)25-11-19(31-21(25)28)13-30-18-4-2-3-15(9-18)10-24-12-20(27)32-22(24)29/h2-9,19H,10-13H2,1H3,(H,23,26). The molecule has 1 N–H and O–H groups in total. The van der Waals surface area contributed by atoms with Crippen LogP contribution in [0.25, 0.3) is 0 Å². The third kappa shape index (κ3) is 5.20. The van der Waals surface area contributed by atoms with Crippen molar-refractivity contribution < 1.29 is 28.7 Å². The van der Waals surface area contributed by atoms with Gasteiger partial charge in [-0.25, -0.2) is 4.79 Å². The van der Waals surface area contributed by atoms with Crippen molar-refractivity contribution in [2.45, 2.75) is 19.6 Å². The van der Waals surface area contributed by atoms with Gasteiger partial charge in [0.2, 0.25) is 11.0 Å². The molecule has 0 spiro atoms. The first-order valence-corrected chi connectivity index (χ1v) is 10.8. The predicted octanol–water partition coefficient (Wildman–Crippen LogP) is 3.24. The van der Waals surface area contributed by atoms with Gasteiger partial charge in [0.1, 0.15) is 12.4 Å². The molecule has 1 unspecified atom stereocenters. The largest absolute Gasteiger partial charge is 0.490 e. The number of anilines is 2. The molecule has 2 aromatic rings. The van der Waals surface area contributed by atoms with Gasteiger partial charge in [-0.3, -0.25) is 19.3 Å².